The van der Waals surface area contributed by atoms with E-state index in [9.17, 15) is 8.78 Å². The fourth-order valence-electron chi connectivity index (χ4n) is 5.22. The average molecular weight is 508 g/mol. The molecule has 5 aromatic heterocycles. The topological polar surface area (TPSA) is 86.4 Å². The first-order valence-electron chi connectivity index (χ1n) is 12.4. The number of hydrogen-bond acceptors (Lipinski definition) is 5. The lowest BCUT2D eigenvalue weighted by Crippen LogP contribution is -2.24. The minimum absolute atomic E-state index is 0.0985. The number of pyridine rings is 3. The highest BCUT2D eigenvalue weighted by atomic mass is 19.3. The lowest BCUT2D eigenvalue weighted by molar-refractivity contribution is 0.0115. The molecule has 7 rings (SSSR count). The number of halogens is 2. The van der Waals surface area contributed by atoms with Crippen molar-refractivity contribution < 1.29 is 8.78 Å². The summed E-state index contributed by atoms with van der Waals surface area (Å²) in [7, 11) is 0. The van der Waals surface area contributed by atoms with Gasteiger partial charge in [0.1, 0.15) is 5.69 Å². The lowest BCUT2D eigenvalue weighted by atomic mass is 10.1. The quantitative estimate of drug-likeness (QED) is 0.296. The summed E-state index contributed by atoms with van der Waals surface area (Å²) >= 11 is 0. The van der Waals surface area contributed by atoms with E-state index in [-0.39, 0.29) is 13.0 Å². The molecular formula is C29H23F2N7. The number of alkyl halides is 2. The van der Waals surface area contributed by atoms with E-state index in [1.54, 1.807) is 29.7 Å². The van der Waals surface area contributed by atoms with Crippen LogP contribution < -0.4 is 0 Å². The van der Waals surface area contributed by atoms with Gasteiger partial charge < -0.3 is 4.98 Å². The first kappa shape index (κ1) is 22.7. The van der Waals surface area contributed by atoms with Crippen LogP contribution in [0.25, 0.3) is 55.7 Å². The van der Waals surface area contributed by atoms with Gasteiger partial charge in [0.2, 0.25) is 0 Å². The molecule has 1 aliphatic rings. The predicted octanol–water partition coefficient (Wildman–Crippen LogP) is 6.07. The molecule has 0 radical (unpaired) electrons. The van der Waals surface area contributed by atoms with Gasteiger partial charge in [-0.25, -0.2) is 8.78 Å². The molecule has 7 nitrogen and oxygen atoms in total. The molecule has 0 aliphatic carbocycles. The van der Waals surface area contributed by atoms with Crippen molar-refractivity contribution in [3.05, 3.63) is 84.9 Å². The highest BCUT2D eigenvalue weighted by Crippen LogP contribution is 2.34. The highest BCUT2D eigenvalue weighted by molar-refractivity contribution is 6.01. The minimum atomic E-state index is -2.61. The molecule has 6 aromatic rings. The molecule has 0 saturated carbocycles. The molecule has 0 bridgehead atoms. The molecule has 1 aliphatic heterocycles. The second-order valence-corrected chi connectivity index (χ2v) is 9.75. The Morgan fingerprint density at radius 1 is 0.895 bits per heavy atom. The van der Waals surface area contributed by atoms with Crippen molar-refractivity contribution in [3.8, 4) is 33.9 Å². The summed E-state index contributed by atoms with van der Waals surface area (Å²) in [5.41, 5.74) is 7.89. The van der Waals surface area contributed by atoms with E-state index in [4.69, 9.17) is 0 Å². The van der Waals surface area contributed by atoms with Gasteiger partial charge in [0.15, 0.2) is 0 Å². The fourth-order valence-corrected chi connectivity index (χ4v) is 5.22. The molecule has 0 amide bonds. The number of fused-ring (bicyclic) bond motifs is 2. The maximum atomic E-state index is 13.6. The summed E-state index contributed by atoms with van der Waals surface area (Å²) in [4.78, 5) is 18.8. The number of rotatable bonds is 5. The van der Waals surface area contributed by atoms with E-state index in [0.29, 0.717) is 13.1 Å². The van der Waals surface area contributed by atoms with E-state index in [2.05, 4.69) is 42.3 Å². The molecule has 1 fully saturated rings. The zero-order valence-corrected chi connectivity index (χ0v) is 20.3. The average Bonchev–Trinajstić information content (AvgIpc) is 3.64. The van der Waals surface area contributed by atoms with Gasteiger partial charge in [0.05, 0.1) is 35.3 Å². The number of nitrogens with one attached hydrogen (secondary N) is 2. The van der Waals surface area contributed by atoms with Gasteiger partial charge >= 0.3 is 0 Å². The summed E-state index contributed by atoms with van der Waals surface area (Å²) in [5.74, 6) is -2.61. The van der Waals surface area contributed by atoms with Gasteiger partial charge in [-0.3, -0.25) is 25.0 Å². The van der Waals surface area contributed by atoms with Gasteiger partial charge in [-0.05, 0) is 42.0 Å². The lowest BCUT2D eigenvalue weighted by Gasteiger charge is -2.15. The van der Waals surface area contributed by atoms with Gasteiger partial charge in [-0.1, -0.05) is 18.2 Å². The maximum absolute atomic E-state index is 13.6. The Balaban J connectivity index is 1.24. The zero-order chi connectivity index (χ0) is 25.7. The van der Waals surface area contributed by atoms with Crippen LogP contribution in [0.5, 0.6) is 0 Å². The van der Waals surface area contributed by atoms with Crippen molar-refractivity contribution in [1.29, 1.82) is 0 Å². The first-order valence-corrected chi connectivity index (χ1v) is 12.4. The third kappa shape index (κ3) is 4.10. The molecule has 6 heterocycles. The van der Waals surface area contributed by atoms with Crippen molar-refractivity contribution in [3.63, 3.8) is 0 Å². The van der Waals surface area contributed by atoms with E-state index in [0.717, 1.165) is 61.3 Å². The second kappa shape index (κ2) is 8.81. The molecule has 1 saturated heterocycles. The summed E-state index contributed by atoms with van der Waals surface area (Å²) in [6.45, 7) is 0.599. The Kier molecular flexibility index (Phi) is 5.26. The van der Waals surface area contributed by atoms with Crippen LogP contribution in [0.1, 0.15) is 12.0 Å². The van der Waals surface area contributed by atoms with Crippen LogP contribution in [-0.2, 0) is 6.54 Å². The Bertz CT molecular complexity index is 1770. The highest BCUT2D eigenvalue weighted by Gasteiger charge is 2.37. The Morgan fingerprint density at radius 2 is 1.84 bits per heavy atom. The van der Waals surface area contributed by atoms with Crippen LogP contribution in [0, 0.1) is 0 Å². The van der Waals surface area contributed by atoms with E-state index in [1.807, 2.05) is 42.5 Å². The Morgan fingerprint density at radius 3 is 2.68 bits per heavy atom. The van der Waals surface area contributed by atoms with Crippen molar-refractivity contribution in [1.82, 2.24) is 35.0 Å². The van der Waals surface area contributed by atoms with Crippen molar-refractivity contribution >= 4 is 21.8 Å². The summed E-state index contributed by atoms with van der Waals surface area (Å²) < 4.78 is 27.3. The predicted molar refractivity (Wildman–Crippen MR) is 142 cm³/mol. The summed E-state index contributed by atoms with van der Waals surface area (Å²) in [6.07, 6.45) is 6.93. The number of aromatic nitrogens is 6. The molecule has 0 atom stereocenters. The summed E-state index contributed by atoms with van der Waals surface area (Å²) in [6, 6.07) is 18.1. The molecule has 0 unspecified atom stereocenters. The number of benzene rings is 1. The van der Waals surface area contributed by atoms with Crippen molar-refractivity contribution in [2.75, 3.05) is 13.1 Å². The van der Waals surface area contributed by atoms with E-state index >= 15 is 0 Å². The number of H-pyrrole nitrogens is 2. The SMILES string of the molecule is FC1(F)CCN(Cc2cncc(-c3cc4c(-c5cc6c(-c7ccccn7)cccc6[nH]5)n[nH]c4cn3)c2)C1. The Labute approximate surface area is 216 Å². The monoisotopic (exact) mass is 507 g/mol. The fraction of sp³-hybridized carbons (Fsp3) is 0.172. The largest absolute Gasteiger partial charge is 0.353 e. The van der Waals surface area contributed by atoms with Crippen molar-refractivity contribution in [2.45, 2.75) is 18.9 Å². The molecule has 9 heteroatoms. The van der Waals surface area contributed by atoms with Gasteiger partial charge in [-0.2, -0.15) is 5.10 Å². The number of likely N-dealkylation sites (tertiary alicyclic amines) is 1. The van der Waals surface area contributed by atoms with Crippen LogP contribution in [0.3, 0.4) is 0 Å². The standard InChI is InChI=1S/C29H23F2N7/c30-29(31)7-9-38(17-29)16-18-10-19(14-32-13-18)25-12-22-27(15-34-25)36-37-28(22)26-11-21-20(4-3-6-24(21)35-26)23-5-1-2-8-33-23/h1-6,8,10-15,35H,7,9,16-17H2,(H,36,37). The third-order valence-electron chi connectivity index (χ3n) is 7.05. The molecule has 0 spiro atoms. The van der Waals surface area contributed by atoms with Gasteiger partial charge in [-0.15, -0.1) is 0 Å². The molecule has 38 heavy (non-hydrogen) atoms. The second-order valence-electron chi connectivity index (χ2n) is 9.75. The van der Waals surface area contributed by atoms with Crippen LogP contribution in [-0.4, -0.2) is 54.0 Å². The molecule has 1 aromatic carbocycles. The van der Waals surface area contributed by atoms with E-state index < -0.39 is 5.92 Å². The maximum Gasteiger partial charge on any atom is 0.261 e. The number of nitrogens with zero attached hydrogens (tertiary/aromatic N) is 5. The number of aromatic amines is 2. The van der Waals surface area contributed by atoms with Crippen LogP contribution in [0.4, 0.5) is 8.78 Å². The van der Waals surface area contributed by atoms with Gasteiger partial charge in [0.25, 0.3) is 5.92 Å². The zero-order valence-electron chi connectivity index (χ0n) is 20.3. The van der Waals surface area contributed by atoms with Gasteiger partial charge in [0, 0.05) is 65.5 Å². The van der Waals surface area contributed by atoms with E-state index in [1.165, 1.54) is 0 Å². The smallest absolute Gasteiger partial charge is 0.261 e. The van der Waals surface area contributed by atoms with Crippen LogP contribution in [0.2, 0.25) is 0 Å². The number of hydrogen-bond donors (Lipinski definition) is 2. The van der Waals surface area contributed by atoms with Crippen molar-refractivity contribution in [2.24, 2.45) is 0 Å². The molecule has 2 N–H and O–H groups in total. The van der Waals surface area contributed by atoms with Crippen LogP contribution >= 0.6 is 0 Å². The normalized spacial score (nSPS) is 15.5. The Hall–Kier alpha value is -4.50. The van der Waals surface area contributed by atoms with Crippen LogP contribution in [0.15, 0.2) is 79.4 Å². The molecular weight excluding hydrogens is 484 g/mol. The third-order valence-corrected chi connectivity index (χ3v) is 7.05. The minimum Gasteiger partial charge on any atom is -0.353 e. The summed E-state index contributed by atoms with van der Waals surface area (Å²) in [5, 5.41) is 9.67. The first-order chi connectivity index (χ1) is 18.5. The molecule has 188 valence electrons.